The van der Waals surface area contributed by atoms with Crippen LogP contribution >= 0.6 is 0 Å². The maximum absolute atomic E-state index is 12.3. The summed E-state index contributed by atoms with van der Waals surface area (Å²) in [5, 5.41) is 5.56. The number of ether oxygens (including phenoxy) is 1. The van der Waals surface area contributed by atoms with Gasteiger partial charge in [0.15, 0.2) is 0 Å². The molecule has 1 aliphatic rings. The maximum atomic E-state index is 12.3. The van der Waals surface area contributed by atoms with Gasteiger partial charge in [-0.1, -0.05) is 17.7 Å². The van der Waals surface area contributed by atoms with Crippen LogP contribution in [-0.2, 0) is 4.79 Å². The number of carbonyl (C=O) groups is 2. The first-order valence-corrected chi connectivity index (χ1v) is 9.85. The van der Waals surface area contributed by atoms with Crippen molar-refractivity contribution in [3.05, 3.63) is 58.7 Å². The highest BCUT2D eigenvalue weighted by atomic mass is 16.5. The minimum atomic E-state index is -0.278. The van der Waals surface area contributed by atoms with E-state index in [1.54, 1.807) is 12.1 Å². The van der Waals surface area contributed by atoms with E-state index in [-0.39, 0.29) is 24.5 Å². The number of benzene rings is 2. The summed E-state index contributed by atoms with van der Waals surface area (Å²) in [7, 11) is 0. The number of hydrogen-bond donors (Lipinski definition) is 2. The second kappa shape index (κ2) is 8.91. The Labute approximate surface area is 166 Å². The molecule has 0 aromatic heterocycles. The van der Waals surface area contributed by atoms with Gasteiger partial charge in [-0.2, -0.15) is 0 Å². The number of hydrogen-bond acceptors (Lipinski definition) is 3. The molecule has 1 aliphatic carbocycles. The second-order valence-corrected chi connectivity index (χ2v) is 7.55. The number of carbonyl (C=O) groups excluding carboxylic acids is 2. The van der Waals surface area contributed by atoms with Crippen molar-refractivity contribution < 1.29 is 14.3 Å². The number of aryl methyl sites for hydroxylation is 3. The molecule has 28 heavy (non-hydrogen) atoms. The van der Waals surface area contributed by atoms with Crippen molar-refractivity contribution in [2.45, 2.75) is 52.6 Å². The van der Waals surface area contributed by atoms with Crippen molar-refractivity contribution in [1.82, 2.24) is 5.32 Å². The average molecular weight is 380 g/mol. The van der Waals surface area contributed by atoms with Crippen LogP contribution in [0.3, 0.4) is 0 Å². The fraction of sp³-hybridized carbons (Fsp3) is 0.391. The number of rotatable bonds is 6. The summed E-state index contributed by atoms with van der Waals surface area (Å²) in [5.41, 5.74) is 4.49. The van der Waals surface area contributed by atoms with Crippen LogP contribution in [0.15, 0.2) is 36.4 Å². The molecule has 1 fully saturated rings. The van der Waals surface area contributed by atoms with E-state index in [2.05, 4.69) is 10.6 Å². The summed E-state index contributed by atoms with van der Waals surface area (Å²) < 4.78 is 5.91. The molecule has 0 aliphatic heterocycles. The van der Waals surface area contributed by atoms with Gasteiger partial charge in [0.1, 0.15) is 5.75 Å². The van der Waals surface area contributed by atoms with Crippen LogP contribution in [-0.4, -0.2) is 24.5 Å². The average Bonchev–Trinajstić information content (AvgIpc) is 3.16. The third-order valence-corrected chi connectivity index (χ3v) is 5.07. The highest BCUT2D eigenvalue weighted by Crippen LogP contribution is 2.24. The second-order valence-electron chi connectivity index (χ2n) is 7.55. The molecular formula is C23H28N2O3. The van der Waals surface area contributed by atoms with E-state index in [1.807, 2.05) is 45.0 Å². The Morgan fingerprint density at radius 1 is 1.00 bits per heavy atom. The summed E-state index contributed by atoms with van der Waals surface area (Å²) in [6, 6.07) is 11.1. The van der Waals surface area contributed by atoms with Crippen LogP contribution in [0.4, 0.5) is 5.69 Å². The lowest BCUT2D eigenvalue weighted by atomic mass is 10.1. The van der Waals surface area contributed by atoms with E-state index >= 15 is 0 Å². The van der Waals surface area contributed by atoms with Gasteiger partial charge in [-0.25, -0.2) is 0 Å². The quantitative estimate of drug-likeness (QED) is 0.785. The van der Waals surface area contributed by atoms with E-state index < -0.39 is 0 Å². The minimum absolute atomic E-state index is 0.0775. The van der Waals surface area contributed by atoms with Crippen molar-refractivity contribution in [2.75, 3.05) is 11.9 Å². The Morgan fingerprint density at radius 2 is 1.61 bits per heavy atom. The van der Waals surface area contributed by atoms with Gasteiger partial charge in [0.05, 0.1) is 12.6 Å². The third kappa shape index (κ3) is 5.12. The summed E-state index contributed by atoms with van der Waals surface area (Å²) in [5.74, 6) is 0.260. The van der Waals surface area contributed by atoms with E-state index in [1.165, 1.54) is 12.8 Å². The summed E-state index contributed by atoms with van der Waals surface area (Å²) in [6.45, 7) is 5.87. The highest BCUT2D eigenvalue weighted by Gasteiger charge is 2.17. The van der Waals surface area contributed by atoms with Crippen molar-refractivity contribution >= 4 is 17.5 Å². The lowest BCUT2D eigenvalue weighted by Gasteiger charge is -2.14. The molecule has 148 valence electrons. The summed E-state index contributed by atoms with van der Waals surface area (Å²) in [4.78, 5) is 24.5. The molecular weight excluding hydrogens is 352 g/mol. The molecule has 0 radical (unpaired) electrons. The van der Waals surface area contributed by atoms with Crippen LogP contribution < -0.4 is 15.4 Å². The smallest absolute Gasteiger partial charge is 0.251 e. The largest absolute Gasteiger partial charge is 0.490 e. The Morgan fingerprint density at radius 3 is 2.21 bits per heavy atom. The molecule has 0 atom stereocenters. The van der Waals surface area contributed by atoms with Gasteiger partial charge in [0.25, 0.3) is 5.91 Å². The normalized spacial score (nSPS) is 14.0. The number of nitrogens with one attached hydrogen (secondary N) is 2. The topological polar surface area (TPSA) is 67.4 Å². The zero-order valence-corrected chi connectivity index (χ0v) is 16.8. The first-order chi connectivity index (χ1) is 13.4. The predicted molar refractivity (Wildman–Crippen MR) is 111 cm³/mol. The summed E-state index contributed by atoms with van der Waals surface area (Å²) in [6.07, 6.45) is 4.91. The molecule has 0 unspecified atom stereocenters. The highest BCUT2D eigenvalue weighted by molar-refractivity contribution is 5.99. The first kappa shape index (κ1) is 19.9. The Balaban J connectivity index is 1.51. The van der Waals surface area contributed by atoms with Gasteiger partial charge in [-0.3, -0.25) is 9.59 Å². The van der Waals surface area contributed by atoms with E-state index in [4.69, 9.17) is 4.74 Å². The van der Waals surface area contributed by atoms with Crippen LogP contribution in [0.2, 0.25) is 0 Å². The van der Waals surface area contributed by atoms with Gasteiger partial charge in [-0.15, -0.1) is 0 Å². The molecule has 2 aromatic carbocycles. The van der Waals surface area contributed by atoms with Gasteiger partial charge in [-0.05, 0) is 81.8 Å². The standard InChI is InChI=1S/C23H28N2O3/c1-15-12-16(2)22(17(3)13-15)25-21(26)14-24-23(27)18-8-10-20(11-9-18)28-19-6-4-5-7-19/h8-13,19H,4-7,14H2,1-3H3,(H,24,27)(H,25,26). The molecule has 1 saturated carbocycles. The lowest BCUT2D eigenvalue weighted by molar-refractivity contribution is -0.115. The van der Waals surface area contributed by atoms with E-state index in [9.17, 15) is 9.59 Å². The lowest BCUT2D eigenvalue weighted by Crippen LogP contribution is -2.33. The number of amides is 2. The fourth-order valence-electron chi connectivity index (χ4n) is 3.71. The minimum Gasteiger partial charge on any atom is -0.490 e. The Kier molecular flexibility index (Phi) is 6.34. The van der Waals surface area contributed by atoms with Crippen molar-refractivity contribution in [2.24, 2.45) is 0 Å². The van der Waals surface area contributed by atoms with Crippen molar-refractivity contribution in [1.29, 1.82) is 0 Å². The van der Waals surface area contributed by atoms with Gasteiger partial charge in [0.2, 0.25) is 5.91 Å². The van der Waals surface area contributed by atoms with Crippen molar-refractivity contribution in [3.8, 4) is 5.75 Å². The zero-order valence-electron chi connectivity index (χ0n) is 16.8. The molecule has 2 aromatic rings. The molecule has 0 bridgehead atoms. The van der Waals surface area contributed by atoms with Crippen LogP contribution in [0, 0.1) is 20.8 Å². The van der Waals surface area contributed by atoms with Crippen LogP contribution in [0.25, 0.3) is 0 Å². The third-order valence-electron chi connectivity index (χ3n) is 5.07. The molecule has 0 heterocycles. The maximum Gasteiger partial charge on any atom is 0.251 e. The molecule has 0 spiro atoms. The fourth-order valence-corrected chi connectivity index (χ4v) is 3.71. The van der Waals surface area contributed by atoms with Gasteiger partial charge in [0, 0.05) is 11.3 Å². The Hall–Kier alpha value is -2.82. The van der Waals surface area contributed by atoms with Crippen LogP contribution in [0.1, 0.15) is 52.7 Å². The SMILES string of the molecule is Cc1cc(C)c(NC(=O)CNC(=O)c2ccc(OC3CCCC3)cc2)c(C)c1. The van der Waals surface area contributed by atoms with Crippen molar-refractivity contribution in [3.63, 3.8) is 0 Å². The molecule has 5 heteroatoms. The van der Waals surface area contributed by atoms with E-state index in [0.29, 0.717) is 5.56 Å². The molecule has 3 rings (SSSR count). The molecule has 0 saturated heterocycles. The van der Waals surface area contributed by atoms with Gasteiger partial charge >= 0.3 is 0 Å². The summed E-state index contributed by atoms with van der Waals surface area (Å²) >= 11 is 0. The predicted octanol–water partition coefficient (Wildman–Crippen LogP) is 4.30. The number of anilines is 1. The molecule has 5 nitrogen and oxygen atoms in total. The van der Waals surface area contributed by atoms with E-state index in [0.717, 1.165) is 41.0 Å². The first-order valence-electron chi connectivity index (χ1n) is 9.85. The van der Waals surface area contributed by atoms with Crippen LogP contribution in [0.5, 0.6) is 5.75 Å². The Bertz CT molecular complexity index is 830. The molecule has 2 N–H and O–H groups in total. The monoisotopic (exact) mass is 380 g/mol. The van der Waals surface area contributed by atoms with Gasteiger partial charge < -0.3 is 15.4 Å². The zero-order chi connectivity index (χ0) is 20.1. The molecule has 2 amide bonds.